The highest BCUT2D eigenvalue weighted by atomic mass is 16.5. The van der Waals surface area contributed by atoms with Crippen molar-refractivity contribution in [1.29, 1.82) is 0 Å². The Morgan fingerprint density at radius 2 is 2.20 bits per heavy atom. The van der Waals surface area contributed by atoms with E-state index in [-0.39, 0.29) is 5.54 Å². The minimum absolute atomic E-state index is 0.0633. The van der Waals surface area contributed by atoms with Crippen LogP contribution in [-0.2, 0) is 4.74 Å². The van der Waals surface area contributed by atoms with Gasteiger partial charge in [0, 0.05) is 12.1 Å². The highest BCUT2D eigenvalue weighted by Crippen LogP contribution is 2.34. The molecule has 1 saturated carbocycles. The van der Waals surface area contributed by atoms with Crippen LogP contribution in [-0.4, -0.2) is 18.2 Å². The molecule has 0 aromatic rings. The van der Waals surface area contributed by atoms with Gasteiger partial charge in [0.15, 0.2) is 0 Å². The smallest absolute Gasteiger partial charge is 0.0518 e. The topological polar surface area (TPSA) is 35.2 Å². The minimum Gasteiger partial charge on any atom is -0.379 e. The SMILES string of the molecule is CCC1CCCC(N)(CCOC(C)C)C1. The second kappa shape index (κ2) is 5.86. The van der Waals surface area contributed by atoms with E-state index in [1.165, 1.54) is 32.1 Å². The van der Waals surface area contributed by atoms with E-state index >= 15 is 0 Å². The highest BCUT2D eigenvalue weighted by molar-refractivity contribution is 4.90. The fourth-order valence-corrected chi connectivity index (χ4v) is 2.60. The summed E-state index contributed by atoms with van der Waals surface area (Å²) in [4.78, 5) is 0. The van der Waals surface area contributed by atoms with Gasteiger partial charge in [-0.1, -0.05) is 26.2 Å². The van der Waals surface area contributed by atoms with E-state index in [1.807, 2.05) is 0 Å². The van der Waals surface area contributed by atoms with Crippen LogP contribution in [0.4, 0.5) is 0 Å². The summed E-state index contributed by atoms with van der Waals surface area (Å²) in [5.74, 6) is 0.850. The van der Waals surface area contributed by atoms with E-state index in [0.29, 0.717) is 6.10 Å². The lowest BCUT2D eigenvalue weighted by molar-refractivity contribution is 0.0550. The van der Waals surface area contributed by atoms with Gasteiger partial charge in [-0.2, -0.15) is 0 Å². The van der Waals surface area contributed by atoms with Gasteiger partial charge in [0.05, 0.1) is 6.10 Å². The Morgan fingerprint density at radius 3 is 2.80 bits per heavy atom. The summed E-state index contributed by atoms with van der Waals surface area (Å²) in [5, 5.41) is 0. The molecule has 0 aromatic carbocycles. The van der Waals surface area contributed by atoms with Crippen molar-refractivity contribution in [1.82, 2.24) is 0 Å². The third-order valence-electron chi connectivity index (χ3n) is 3.61. The quantitative estimate of drug-likeness (QED) is 0.761. The summed E-state index contributed by atoms with van der Waals surface area (Å²) < 4.78 is 5.60. The fourth-order valence-electron chi connectivity index (χ4n) is 2.60. The molecule has 0 aromatic heterocycles. The van der Waals surface area contributed by atoms with Crippen LogP contribution < -0.4 is 5.73 Å². The van der Waals surface area contributed by atoms with Gasteiger partial charge in [-0.25, -0.2) is 0 Å². The van der Waals surface area contributed by atoms with E-state index < -0.39 is 0 Å². The number of ether oxygens (including phenoxy) is 1. The Kier molecular flexibility index (Phi) is 5.07. The summed E-state index contributed by atoms with van der Waals surface area (Å²) >= 11 is 0. The first-order chi connectivity index (χ1) is 7.06. The second-order valence-corrected chi connectivity index (χ2v) is 5.40. The Hall–Kier alpha value is -0.0800. The molecule has 1 aliphatic rings. The molecule has 2 heteroatoms. The average molecular weight is 213 g/mol. The van der Waals surface area contributed by atoms with Crippen molar-refractivity contribution in [2.75, 3.05) is 6.61 Å². The number of hydrogen-bond donors (Lipinski definition) is 1. The monoisotopic (exact) mass is 213 g/mol. The van der Waals surface area contributed by atoms with Gasteiger partial charge in [0.1, 0.15) is 0 Å². The van der Waals surface area contributed by atoms with E-state index in [1.54, 1.807) is 0 Å². The first kappa shape index (κ1) is 13.0. The average Bonchev–Trinajstić information content (AvgIpc) is 2.16. The maximum absolute atomic E-state index is 6.43. The lowest BCUT2D eigenvalue weighted by Crippen LogP contribution is -2.45. The van der Waals surface area contributed by atoms with Gasteiger partial charge >= 0.3 is 0 Å². The molecule has 0 saturated heterocycles. The van der Waals surface area contributed by atoms with E-state index in [9.17, 15) is 0 Å². The lowest BCUT2D eigenvalue weighted by Gasteiger charge is -2.38. The predicted molar refractivity (Wildman–Crippen MR) is 64.9 cm³/mol. The van der Waals surface area contributed by atoms with Crippen molar-refractivity contribution < 1.29 is 4.74 Å². The molecule has 0 heterocycles. The van der Waals surface area contributed by atoms with Crippen molar-refractivity contribution in [2.45, 2.75) is 70.9 Å². The van der Waals surface area contributed by atoms with Crippen LogP contribution in [0.5, 0.6) is 0 Å². The first-order valence-corrected chi connectivity index (χ1v) is 6.46. The van der Waals surface area contributed by atoms with Crippen LogP contribution in [0.1, 0.15) is 59.3 Å². The Bertz CT molecular complexity index is 181. The molecular formula is C13H27NO. The fraction of sp³-hybridized carbons (Fsp3) is 1.00. The molecule has 0 spiro atoms. The zero-order chi connectivity index (χ0) is 11.3. The Morgan fingerprint density at radius 1 is 1.47 bits per heavy atom. The molecule has 1 rings (SSSR count). The zero-order valence-corrected chi connectivity index (χ0v) is 10.6. The van der Waals surface area contributed by atoms with Gasteiger partial charge in [0.2, 0.25) is 0 Å². The summed E-state index contributed by atoms with van der Waals surface area (Å²) in [6.07, 6.45) is 7.71. The van der Waals surface area contributed by atoms with Crippen LogP contribution in [0.3, 0.4) is 0 Å². The summed E-state index contributed by atoms with van der Waals surface area (Å²) in [6.45, 7) is 7.27. The summed E-state index contributed by atoms with van der Waals surface area (Å²) in [7, 11) is 0. The van der Waals surface area contributed by atoms with Crippen molar-refractivity contribution in [3.05, 3.63) is 0 Å². The van der Waals surface area contributed by atoms with Crippen LogP contribution in [0.25, 0.3) is 0 Å². The predicted octanol–water partition coefficient (Wildman–Crippen LogP) is 3.10. The van der Waals surface area contributed by atoms with Crippen LogP contribution >= 0.6 is 0 Å². The Labute approximate surface area is 94.6 Å². The largest absolute Gasteiger partial charge is 0.379 e. The van der Waals surface area contributed by atoms with Gasteiger partial charge in [-0.15, -0.1) is 0 Å². The van der Waals surface area contributed by atoms with Crippen molar-refractivity contribution >= 4 is 0 Å². The first-order valence-electron chi connectivity index (χ1n) is 6.46. The number of hydrogen-bond acceptors (Lipinski definition) is 2. The van der Waals surface area contributed by atoms with E-state index in [0.717, 1.165) is 18.9 Å². The molecule has 2 unspecified atom stereocenters. The van der Waals surface area contributed by atoms with E-state index in [4.69, 9.17) is 10.5 Å². The van der Waals surface area contributed by atoms with Gasteiger partial charge < -0.3 is 10.5 Å². The molecule has 1 aliphatic carbocycles. The molecule has 2 nitrogen and oxygen atoms in total. The van der Waals surface area contributed by atoms with Crippen molar-refractivity contribution in [2.24, 2.45) is 11.7 Å². The van der Waals surface area contributed by atoms with Gasteiger partial charge in [-0.3, -0.25) is 0 Å². The molecule has 0 radical (unpaired) electrons. The van der Waals surface area contributed by atoms with Gasteiger partial charge in [0.25, 0.3) is 0 Å². The lowest BCUT2D eigenvalue weighted by atomic mass is 9.74. The summed E-state index contributed by atoms with van der Waals surface area (Å²) in [6, 6.07) is 0. The van der Waals surface area contributed by atoms with Crippen molar-refractivity contribution in [3.63, 3.8) is 0 Å². The number of nitrogens with two attached hydrogens (primary N) is 1. The third-order valence-corrected chi connectivity index (χ3v) is 3.61. The van der Waals surface area contributed by atoms with Crippen LogP contribution in [0.15, 0.2) is 0 Å². The Balaban J connectivity index is 2.30. The highest BCUT2D eigenvalue weighted by Gasteiger charge is 2.31. The van der Waals surface area contributed by atoms with Gasteiger partial charge in [-0.05, 0) is 39.0 Å². The minimum atomic E-state index is 0.0633. The molecule has 0 aliphatic heterocycles. The molecule has 15 heavy (non-hydrogen) atoms. The molecular weight excluding hydrogens is 186 g/mol. The standard InChI is InChI=1S/C13H27NO/c1-4-12-6-5-7-13(14,10-12)8-9-15-11(2)3/h11-12H,4-10,14H2,1-3H3. The maximum Gasteiger partial charge on any atom is 0.0518 e. The van der Waals surface area contributed by atoms with Crippen LogP contribution in [0.2, 0.25) is 0 Å². The molecule has 2 N–H and O–H groups in total. The molecule has 0 bridgehead atoms. The third kappa shape index (κ3) is 4.52. The van der Waals surface area contributed by atoms with Crippen molar-refractivity contribution in [3.8, 4) is 0 Å². The second-order valence-electron chi connectivity index (χ2n) is 5.40. The molecule has 1 fully saturated rings. The van der Waals surface area contributed by atoms with Crippen LogP contribution in [0, 0.1) is 5.92 Å². The molecule has 0 amide bonds. The molecule has 90 valence electrons. The zero-order valence-electron chi connectivity index (χ0n) is 10.6. The maximum atomic E-state index is 6.43. The molecule has 2 atom stereocenters. The normalized spacial score (nSPS) is 32.2. The summed E-state index contributed by atoms with van der Waals surface area (Å²) in [5.41, 5.74) is 6.49. The van der Waals surface area contributed by atoms with E-state index in [2.05, 4.69) is 20.8 Å². The number of rotatable bonds is 5.